The highest BCUT2D eigenvalue weighted by atomic mass is 79.9. The molecule has 5 rings (SSSR count). The number of carbonyl (C=O) groups is 1. The number of carboxylic acid groups (broad SMARTS) is 1. The lowest BCUT2D eigenvalue weighted by Gasteiger charge is -2.22. The minimum Gasteiger partial charge on any atom is -0.481 e. The fraction of sp³-hybridized carbons (Fsp3) is 0.241. The van der Waals surface area contributed by atoms with Crippen molar-refractivity contribution >= 4 is 44.7 Å². The number of nitro groups is 1. The fourth-order valence-electron chi connectivity index (χ4n) is 4.94. The number of aromatic nitrogens is 2. The van der Waals surface area contributed by atoms with E-state index < -0.39 is 10.9 Å². The molecular weight excluding hydrogens is 580 g/mol. The van der Waals surface area contributed by atoms with E-state index in [0.29, 0.717) is 26.8 Å². The topological polar surface area (TPSA) is 137 Å². The molecule has 0 bridgehead atoms. The van der Waals surface area contributed by atoms with E-state index in [4.69, 9.17) is 9.72 Å². The molecule has 1 N–H and O–H groups in total. The van der Waals surface area contributed by atoms with Crippen LogP contribution in [0.5, 0.6) is 5.75 Å². The van der Waals surface area contributed by atoms with Crippen molar-refractivity contribution in [3.63, 3.8) is 0 Å². The van der Waals surface area contributed by atoms with Crippen LogP contribution in [0.15, 0.2) is 75.0 Å². The van der Waals surface area contributed by atoms with Gasteiger partial charge in [0.1, 0.15) is 12.4 Å². The van der Waals surface area contributed by atoms with E-state index in [1.165, 1.54) is 29.1 Å². The third-order valence-electron chi connectivity index (χ3n) is 6.88. The molecule has 0 unspecified atom stereocenters. The van der Waals surface area contributed by atoms with Crippen molar-refractivity contribution < 1.29 is 19.6 Å². The number of benzene rings is 3. The molecule has 11 heteroatoms. The number of hydrogen-bond donors (Lipinski definition) is 1. The van der Waals surface area contributed by atoms with Gasteiger partial charge in [-0.15, -0.1) is 0 Å². The number of nitrogens with zero attached hydrogens (tertiary/aromatic N) is 4. The van der Waals surface area contributed by atoms with Crippen LogP contribution in [0.2, 0.25) is 0 Å². The van der Waals surface area contributed by atoms with Crippen LogP contribution in [0.4, 0.5) is 5.69 Å². The number of carboxylic acids is 1. The monoisotopic (exact) mass is 604 g/mol. The molecule has 204 valence electrons. The molecule has 0 spiro atoms. The van der Waals surface area contributed by atoms with Gasteiger partial charge >= 0.3 is 11.7 Å². The Morgan fingerprint density at radius 3 is 2.67 bits per heavy atom. The summed E-state index contributed by atoms with van der Waals surface area (Å²) in [5.74, 6) is -0.513. The molecule has 0 radical (unpaired) electrons. The van der Waals surface area contributed by atoms with E-state index in [0.717, 1.165) is 32.1 Å². The number of halogens is 1. The number of hydrogen-bond acceptors (Lipinski definition) is 7. The Labute approximate surface area is 237 Å². The summed E-state index contributed by atoms with van der Waals surface area (Å²) < 4.78 is 7.62. The van der Waals surface area contributed by atoms with Crippen LogP contribution in [0, 0.1) is 10.1 Å². The molecule has 4 aromatic rings. The van der Waals surface area contributed by atoms with Crippen molar-refractivity contribution in [3.8, 4) is 5.75 Å². The third kappa shape index (κ3) is 5.79. The first-order chi connectivity index (χ1) is 19.3. The molecule has 1 saturated carbocycles. The Balaban J connectivity index is 1.58. The van der Waals surface area contributed by atoms with Crippen molar-refractivity contribution in [1.82, 2.24) is 9.66 Å². The summed E-state index contributed by atoms with van der Waals surface area (Å²) in [6.45, 7) is -0.116. The summed E-state index contributed by atoms with van der Waals surface area (Å²) in [6.07, 6.45) is 6.37. The van der Waals surface area contributed by atoms with E-state index in [9.17, 15) is 24.8 Å². The number of nitro benzene ring substituents is 1. The van der Waals surface area contributed by atoms with Gasteiger partial charge in [0.25, 0.3) is 5.56 Å². The Hall–Kier alpha value is -4.38. The van der Waals surface area contributed by atoms with E-state index in [2.05, 4.69) is 21.0 Å². The van der Waals surface area contributed by atoms with Crippen LogP contribution < -0.4 is 10.3 Å². The van der Waals surface area contributed by atoms with Crippen molar-refractivity contribution in [1.29, 1.82) is 0 Å². The van der Waals surface area contributed by atoms with Gasteiger partial charge in [-0.3, -0.25) is 14.9 Å². The molecular formula is C29H25BrN4O6. The average molecular weight is 605 g/mol. The zero-order valence-electron chi connectivity index (χ0n) is 21.3. The highest BCUT2D eigenvalue weighted by Crippen LogP contribution is 2.35. The summed E-state index contributed by atoms with van der Waals surface area (Å²) in [5.41, 5.74) is 0.845. The van der Waals surface area contributed by atoms with Crippen LogP contribution in [0.1, 0.15) is 65.3 Å². The summed E-state index contributed by atoms with van der Waals surface area (Å²) in [4.78, 5) is 41.1. The lowest BCUT2D eigenvalue weighted by atomic mass is 9.88. The van der Waals surface area contributed by atoms with Crippen LogP contribution in [-0.4, -0.2) is 31.9 Å². The van der Waals surface area contributed by atoms with Gasteiger partial charge in [0, 0.05) is 22.0 Å². The molecule has 1 aromatic heterocycles. The average Bonchev–Trinajstić information content (AvgIpc) is 2.96. The van der Waals surface area contributed by atoms with E-state index >= 15 is 0 Å². The minimum absolute atomic E-state index is 0.0568. The van der Waals surface area contributed by atoms with Gasteiger partial charge in [0.15, 0.2) is 0 Å². The van der Waals surface area contributed by atoms with Crippen molar-refractivity contribution in [2.24, 2.45) is 5.10 Å². The number of rotatable bonds is 8. The van der Waals surface area contributed by atoms with Gasteiger partial charge in [0.2, 0.25) is 5.75 Å². The zero-order valence-corrected chi connectivity index (χ0v) is 22.9. The van der Waals surface area contributed by atoms with Gasteiger partial charge in [-0.1, -0.05) is 59.5 Å². The maximum Gasteiger partial charge on any atom is 0.335 e. The first-order valence-electron chi connectivity index (χ1n) is 12.8. The maximum absolute atomic E-state index is 13.6. The molecule has 1 aliphatic rings. The van der Waals surface area contributed by atoms with Crippen LogP contribution in [-0.2, 0) is 6.61 Å². The molecule has 0 saturated heterocycles. The highest BCUT2D eigenvalue weighted by Gasteiger charge is 2.24. The number of ether oxygens (including phenoxy) is 1. The van der Waals surface area contributed by atoms with E-state index in [1.54, 1.807) is 36.4 Å². The SMILES string of the molecule is O=C(O)c1cccc(COc2c(C=Nn3c(C4CCCCC4)nc4ccccc4c3=O)cc(Br)cc2[N+](=O)[O-])c1. The molecule has 3 aromatic carbocycles. The smallest absolute Gasteiger partial charge is 0.335 e. The van der Waals surface area contributed by atoms with Gasteiger partial charge in [0.05, 0.1) is 27.6 Å². The second kappa shape index (κ2) is 11.8. The number of para-hydroxylation sites is 1. The largest absolute Gasteiger partial charge is 0.481 e. The minimum atomic E-state index is -1.09. The highest BCUT2D eigenvalue weighted by molar-refractivity contribution is 9.10. The quantitative estimate of drug-likeness (QED) is 0.142. The van der Waals surface area contributed by atoms with Crippen LogP contribution in [0.3, 0.4) is 0 Å². The first kappa shape index (κ1) is 27.2. The molecule has 1 fully saturated rings. The van der Waals surface area contributed by atoms with E-state index in [-0.39, 0.29) is 40.6 Å². The number of fused-ring (bicyclic) bond motifs is 1. The molecule has 1 aliphatic carbocycles. The Kier molecular flexibility index (Phi) is 8.01. The van der Waals surface area contributed by atoms with E-state index in [1.807, 2.05) is 6.07 Å². The van der Waals surface area contributed by atoms with Gasteiger partial charge in [-0.2, -0.15) is 9.78 Å². The van der Waals surface area contributed by atoms with Crippen molar-refractivity contribution in [2.75, 3.05) is 0 Å². The number of aromatic carboxylic acids is 1. The standard InChI is InChI=1S/C29H25BrN4O6/c30-22-14-21(26(25(15-22)34(38)39)40-17-18-7-6-10-20(13-18)29(36)37)16-31-33-27(19-8-2-1-3-9-19)32-24-12-5-4-11-23(24)28(33)35/h4-7,10-16,19H,1-3,8-9,17H2,(H,36,37). The molecule has 40 heavy (non-hydrogen) atoms. The van der Waals surface area contributed by atoms with Crippen LogP contribution in [0.25, 0.3) is 10.9 Å². The summed E-state index contributed by atoms with van der Waals surface area (Å²) in [5, 5.41) is 26.2. The van der Waals surface area contributed by atoms with Crippen LogP contribution >= 0.6 is 15.9 Å². The predicted molar refractivity (Wildman–Crippen MR) is 153 cm³/mol. The summed E-state index contributed by atoms with van der Waals surface area (Å²) in [7, 11) is 0. The second-order valence-corrected chi connectivity index (χ2v) is 10.5. The van der Waals surface area contributed by atoms with Crippen molar-refractivity contribution in [2.45, 2.75) is 44.6 Å². The molecule has 0 aliphatic heterocycles. The van der Waals surface area contributed by atoms with Gasteiger partial charge in [-0.25, -0.2) is 9.78 Å². The summed E-state index contributed by atoms with van der Waals surface area (Å²) >= 11 is 3.32. The normalized spacial score (nSPS) is 14.0. The summed E-state index contributed by atoms with van der Waals surface area (Å²) in [6, 6.07) is 16.2. The fourth-order valence-corrected chi connectivity index (χ4v) is 5.40. The van der Waals surface area contributed by atoms with Crippen molar-refractivity contribution in [3.05, 3.63) is 108 Å². The third-order valence-corrected chi connectivity index (χ3v) is 7.34. The Morgan fingerprint density at radius 1 is 1.15 bits per heavy atom. The lowest BCUT2D eigenvalue weighted by Crippen LogP contribution is -2.25. The Bertz CT molecular complexity index is 1690. The van der Waals surface area contributed by atoms with Gasteiger partial charge < -0.3 is 9.84 Å². The lowest BCUT2D eigenvalue weighted by molar-refractivity contribution is -0.386. The molecule has 0 amide bonds. The maximum atomic E-state index is 13.6. The Morgan fingerprint density at radius 2 is 1.93 bits per heavy atom. The molecule has 10 nitrogen and oxygen atoms in total. The van der Waals surface area contributed by atoms with Gasteiger partial charge in [-0.05, 0) is 48.7 Å². The second-order valence-electron chi connectivity index (χ2n) is 9.58. The zero-order chi connectivity index (χ0) is 28.2. The predicted octanol–water partition coefficient (Wildman–Crippen LogP) is 6.27. The first-order valence-corrected chi connectivity index (χ1v) is 13.6. The molecule has 0 atom stereocenters. The molecule has 1 heterocycles.